The lowest BCUT2D eigenvalue weighted by molar-refractivity contribution is 0.0405. The third kappa shape index (κ3) is 2.18. The van der Waals surface area contributed by atoms with E-state index < -0.39 is 0 Å². The molecule has 1 heterocycles. The Balaban J connectivity index is 2.29. The summed E-state index contributed by atoms with van der Waals surface area (Å²) in [6, 6.07) is 1.84. The van der Waals surface area contributed by atoms with Crippen LogP contribution in [-0.2, 0) is 6.54 Å². The van der Waals surface area contributed by atoms with E-state index in [0.717, 1.165) is 0 Å². The van der Waals surface area contributed by atoms with Gasteiger partial charge in [-0.3, -0.25) is 9.48 Å². The summed E-state index contributed by atoms with van der Waals surface area (Å²) < 4.78 is 1.71. The molecule has 1 saturated carbocycles. The molecule has 0 bridgehead atoms. The van der Waals surface area contributed by atoms with E-state index in [1.807, 2.05) is 0 Å². The van der Waals surface area contributed by atoms with Crippen molar-refractivity contribution in [3.8, 4) is 0 Å². The van der Waals surface area contributed by atoms with Crippen molar-refractivity contribution in [3.05, 3.63) is 17.5 Å². The van der Waals surface area contributed by atoms with Crippen molar-refractivity contribution in [3.63, 3.8) is 0 Å². The van der Waals surface area contributed by atoms with Crippen LogP contribution in [0.2, 0.25) is 0 Å². The number of amides is 1. The SMILES string of the molecule is CN(C)C(=O)c1cc(CN)nn1C1CC(O)C1. The smallest absolute Gasteiger partial charge is 0.271 e. The number of carbonyl (C=O) groups excluding carboxylic acids is 1. The van der Waals surface area contributed by atoms with Gasteiger partial charge in [0.2, 0.25) is 0 Å². The Kier molecular flexibility index (Phi) is 3.17. The first-order valence-electron chi connectivity index (χ1n) is 5.71. The summed E-state index contributed by atoms with van der Waals surface area (Å²) in [5, 5.41) is 13.6. The molecule has 0 aliphatic heterocycles. The lowest BCUT2D eigenvalue weighted by atomic mass is 9.89. The van der Waals surface area contributed by atoms with Crippen molar-refractivity contribution in [2.24, 2.45) is 5.73 Å². The maximum absolute atomic E-state index is 12.0. The fourth-order valence-corrected chi connectivity index (χ4v) is 1.97. The molecule has 2 rings (SSSR count). The number of aliphatic hydroxyl groups excluding tert-OH is 1. The van der Waals surface area contributed by atoms with Crippen LogP contribution in [0.1, 0.15) is 35.1 Å². The highest BCUT2D eigenvalue weighted by atomic mass is 16.3. The Morgan fingerprint density at radius 3 is 2.76 bits per heavy atom. The van der Waals surface area contributed by atoms with Crippen molar-refractivity contribution in [2.45, 2.75) is 31.5 Å². The first-order chi connectivity index (χ1) is 8.02. The predicted molar refractivity (Wildman–Crippen MR) is 62.4 cm³/mol. The highest BCUT2D eigenvalue weighted by molar-refractivity contribution is 5.92. The molecule has 1 amide bonds. The second-order valence-electron chi connectivity index (χ2n) is 4.65. The monoisotopic (exact) mass is 238 g/mol. The van der Waals surface area contributed by atoms with Crippen LogP contribution in [0.25, 0.3) is 0 Å². The molecule has 0 saturated heterocycles. The summed E-state index contributed by atoms with van der Waals surface area (Å²) in [5.74, 6) is -0.0846. The van der Waals surface area contributed by atoms with Gasteiger partial charge < -0.3 is 15.7 Å². The minimum atomic E-state index is -0.271. The average molecular weight is 238 g/mol. The summed E-state index contributed by atoms with van der Waals surface area (Å²) in [7, 11) is 3.41. The molecule has 0 unspecified atom stereocenters. The molecule has 94 valence electrons. The minimum Gasteiger partial charge on any atom is -0.393 e. The Morgan fingerprint density at radius 1 is 1.65 bits per heavy atom. The number of aromatic nitrogens is 2. The van der Waals surface area contributed by atoms with E-state index in [-0.39, 0.29) is 18.1 Å². The predicted octanol–water partition coefficient (Wildman–Crippen LogP) is -0.261. The molecule has 17 heavy (non-hydrogen) atoms. The van der Waals surface area contributed by atoms with Crippen molar-refractivity contribution in [1.29, 1.82) is 0 Å². The molecular formula is C11H18N4O2. The van der Waals surface area contributed by atoms with E-state index >= 15 is 0 Å². The van der Waals surface area contributed by atoms with Crippen LogP contribution in [0.15, 0.2) is 6.07 Å². The second-order valence-corrected chi connectivity index (χ2v) is 4.65. The quantitative estimate of drug-likeness (QED) is 0.760. The van der Waals surface area contributed by atoms with Crippen molar-refractivity contribution in [2.75, 3.05) is 14.1 Å². The summed E-state index contributed by atoms with van der Waals surface area (Å²) in [4.78, 5) is 13.5. The maximum atomic E-state index is 12.0. The number of nitrogens with zero attached hydrogens (tertiary/aromatic N) is 3. The average Bonchev–Trinajstić information content (AvgIpc) is 2.67. The lowest BCUT2D eigenvalue weighted by Gasteiger charge is -2.32. The van der Waals surface area contributed by atoms with Gasteiger partial charge in [0.05, 0.1) is 17.8 Å². The van der Waals surface area contributed by atoms with Gasteiger partial charge in [0.15, 0.2) is 0 Å². The Hall–Kier alpha value is -1.40. The van der Waals surface area contributed by atoms with Crippen molar-refractivity contribution in [1.82, 2.24) is 14.7 Å². The van der Waals surface area contributed by atoms with Gasteiger partial charge in [-0.2, -0.15) is 5.10 Å². The van der Waals surface area contributed by atoms with Crippen LogP contribution in [0.4, 0.5) is 0 Å². The van der Waals surface area contributed by atoms with E-state index in [1.54, 1.807) is 24.8 Å². The molecule has 6 nitrogen and oxygen atoms in total. The molecule has 6 heteroatoms. The third-order valence-corrected chi connectivity index (χ3v) is 3.05. The zero-order valence-corrected chi connectivity index (χ0v) is 10.1. The number of hydrogen-bond acceptors (Lipinski definition) is 4. The van der Waals surface area contributed by atoms with Crippen LogP contribution < -0.4 is 5.73 Å². The van der Waals surface area contributed by atoms with Crippen LogP contribution in [0.5, 0.6) is 0 Å². The van der Waals surface area contributed by atoms with E-state index in [0.29, 0.717) is 30.8 Å². The molecular weight excluding hydrogens is 220 g/mol. The van der Waals surface area contributed by atoms with Crippen LogP contribution in [-0.4, -0.2) is 45.9 Å². The Labute approximate surface area is 100 Å². The summed E-state index contributed by atoms with van der Waals surface area (Å²) in [6.45, 7) is 0.315. The van der Waals surface area contributed by atoms with Gasteiger partial charge in [-0.15, -0.1) is 0 Å². The maximum Gasteiger partial charge on any atom is 0.271 e. The van der Waals surface area contributed by atoms with Gasteiger partial charge >= 0.3 is 0 Å². The number of hydrogen-bond donors (Lipinski definition) is 2. The van der Waals surface area contributed by atoms with Crippen LogP contribution in [0, 0.1) is 0 Å². The molecule has 1 aliphatic carbocycles. The Bertz CT molecular complexity index is 421. The van der Waals surface area contributed by atoms with Gasteiger partial charge in [0.1, 0.15) is 5.69 Å². The summed E-state index contributed by atoms with van der Waals surface area (Å²) >= 11 is 0. The van der Waals surface area contributed by atoms with E-state index in [2.05, 4.69) is 5.10 Å². The molecule has 1 aromatic heterocycles. The molecule has 1 aliphatic rings. The van der Waals surface area contributed by atoms with E-state index in [4.69, 9.17) is 5.73 Å². The van der Waals surface area contributed by atoms with Crippen LogP contribution in [0.3, 0.4) is 0 Å². The van der Waals surface area contributed by atoms with Crippen LogP contribution >= 0.6 is 0 Å². The number of carbonyl (C=O) groups is 1. The molecule has 0 atom stereocenters. The standard InChI is InChI=1S/C11H18N4O2/c1-14(2)11(17)10-3-7(6-12)13-15(10)8-4-9(16)5-8/h3,8-9,16H,4-6,12H2,1-2H3. The van der Waals surface area contributed by atoms with Gasteiger partial charge in [-0.1, -0.05) is 0 Å². The topological polar surface area (TPSA) is 84.4 Å². The number of nitrogens with two attached hydrogens (primary N) is 1. The second kappa shape index (κ2) is 4.46. The van der Waals surface area contributed by atoms with E-state index in [9.17, 15) is 9.90 Å². The first-order valence-corrected chi connectivity index (χ1v) is 5.71. The molecule has 0 spiro atoms. The summed E-state index contributed by atoms with van der Waals surface area (Å²) in [5.41, 5.74) is 6.80. The zero-order chi connectivity index (χ0) is 12.6. The molecule has 0 radical (unpaired) electrons. The lowest BCUT2D eigenvalue weighted by Crippen LogP contribution is -2.35. The third-order valence-electron chi connectivity index (χ3n) is 3.05. The van der Waals surface area contributed by atoms with Crippen molar-refractivity contribution >= 4 is 5.91 Å². The highest BCUT2D eigenvalue weighted by Crippen LogP contribution is 2.33. The largest absolute Gasteiger partial charge is 0.393 e. The van der Waals surface area contributed by atoms with Gasteiger partial charge in [-0.25, -0.2) is 0 Å². The number of rotatable bonds is 3. The number of aliphatic hydroxyl groups is 1. The first kappa shape index (κ1) is 12.1. The van der Waals surface area contributed by atoms with Gasteiger partial charge in [0, 0.05) is 20.6 Å². The molecule has 1 fully saturated rings. The minimum absolute atomic E-state index is 0.0846. The van der Waals surface area contributed by atoms with Gasteiger partial charge in [-0.05, 0) is 18.9 Å². The normalized spacial score (nSPS) is 23.3. The Morgan fingerprint density at radius 2 is 2.29 bits per heavy atom. The van der Waals surface area contributed by atoms with Gasteiger partial charge in [0.25, 0.3) is 5.91 Å². The fraction of sp³-hybridized carbons (Fsp3) is 0.636. The molecule has 0 aromatic carbocycles. The van der Waals surface area contributed by atoms with E-state index in [1.165, 1.54) is 4.90 Å². The summed E-state index contributed by atoms with van der Waals surface area (Å²) in [6.07, 6.45) is 1.03. The zero-order valence-electron chi connectivity index (χ0n) is 10.1. The molecule has 3 N–H and O–H groups in total. The fourth-order valence-electron chi connectivity index (χ4n) is 1.97. The highest BCUT2D eigenvalue weighted by Gasteiger charge is 2.32. The molecule has 1 aromatic rings. The van der Waals surface area contributed by atoms with Crippen molar-refractivity contribution < 1.29 is 9.90 Å².